The van der Waals surface area contributed by atoms with Gasteiger partial charge in [-0.15, -0.1) is 0 Å². The molecule has 20 heavy (non-hydrogen) atoms. The first kappa shape index (κ1) is 14.3. The van der Waals surface area contributed by atoms with E-state index in [4.69, 9.17) is 16.7 Å². The topological polar surface area (TPSA) is 79.3 Å². The Morgan fingerprint density at radius 1 is 1.40 bits per heavy atom. The van der Waals surface area contributed by atoms with Gasteiger partial charge >= 0.3 is 5.97 Å². The van der Waals surface area contributed by atoms with Crippen LogP contribution in [0.4, 0.5) is 0 Å². The average molecular weight is 293 g/mol. The quantitative estimate of drug-likeness (QED) is 0.849. The number of nitrogens with zero attached hydrogens (tertiary/aromatic N) is 1. The molecule has 1 heterocycles. The molecule has 1 aromatic carbocycles. The summed E-state index contributed by atoms with van der Waals surface area (Å²) in [5.41, 5.74) is 0.105. The van der Waals surface area contributed by atoms with Gasteiger partial charge in [0.1, 0.15) is 16.9 Å². The van der Waals surface area contributed by atoms with E-state index in [1.54, 1.807) is 19.1 Å². The molecule has 5 nitrogen and oxygen atoms in total. The fourth-order valence-electron chi connectivity index (χ4n) is 1.84. The zero-order chi connectivity index (χ0) is 14.7. The number of carboxylic acid groups (broad SMARTS) is 1. The van der Waals surface area contributed by atoms with Crippen LogP contribution in [0.1, 0.15) is 23.8 Å². The molecule has 0 aliphatic carbocycles. The van der Waals surface area contributed by atoms with Crippen molar-refractivity contribution in [2.24, 2.45) is 0 Å². The van der Waals surface area contributed by atoms with Gasteiger partial charge in [-0.2, -0.15) is 0 Å². The van der Waals surface area contributed by atoms with Crippen molar-refractivity contribution in [1.29, 1.82) is 0 Å². The van der Waals surface area contributed by atoms with Crippen LogP contribution in [0.5, 0.6) is 0 Å². The normalized spacial score (nSPS) is 12.1. The van der Waals surface area contributed by atoms with Crippen molar-refractivity contribution in [2.75, 3.05) is 0 Å². The number of benzene rings is 1. The third-order valence-corrected chi connectivity index (χ3v) is 3.23. The van der Waals surface area contributed by atoms with Gasteiger partial charge in [-0.05, 0) is 17.9 Å². The summed E-state index contributed by atoms with van der Waals surface area (Å²) >= 11 is 6.03. The van der Waals surface area contributed by atoms with Gasteiger partial charge in [0.2, 0.25) is 0 Å². The highest BCUT2D eigenvalue weighted by Gasteiger charge is 2.20. The summed E-state index contributed by atoms with van der Waals surface area (Å²) in [4.78, 5) is 26.9. The summed E-state index contributed by atoms with van der Waals surface area (Å²) in [6.45, 7) is 1.68. The molecule has 2 N–H and O–H groups in total. The Balaban J connectivity index is 2.33. The molecule has 6 heteroatoms. The fourth-order valence-corrected chi connectivity index (χ4v) is 2.11. The number of fused-ring (bicyclic) bond motifs is 1. The van der Waals surface area contributed by atoms with E-state index in [2.05, 4.69) is 10.3 Å². The zero-order valence-electron chi connectivity index (χ0n) is 10.8. The molecule has 2 aromatic rings. The van der Waals surface area contributed by atoms with Crippen LogP contribution in [-0.4, -0.2) is 28.0 Å². The summed E-state index contributed by atoms with van der Waals surface area (Å²) in [6, 6.07) is 7.92. The number of hydrogen-bond acceptors (Lipinski definition) is 3. The minimum atomic E-state index is -1.08. The van der Waals surface area contributed by atoms with E-state index in [1.165, 1.54) is 0 Å². The molecule has 0 aliphatic rings. The van der Waals surface area contributed by atoms with E-state index in [-0.39, 0.29) is 10.8 Å². The van der Waals surface area contributed by atoms with Gasteiger partial charge in [-0.3, -0.25) is 4.79 Å². The van der Waals surface area contributed by atoms with Gasteiger partial charge in [0.25, 0.3) is 5.91 Å². The maximum atomic E-state index is 12.0. The number of amides is 1. The lowest BCUT2D eigenvalue weighted by atomic mass is 10.1. The highest BCUT2D eigenvalue weighted by atomic mass is 35.5. The summed E-state index contributed by atoms with van der Waals surface area (Å²) in [5.74, 6) is -1.63. The Morgan fingerprint density at radius 2 is 2.10 bits per heavy atom. The van der Waals surface area contributed by atoms with Crippen molar-refractivity contribution in [3.05, 3.63) is 41.2 Å². The van der Waals surface area contributed by atoms with E-state index in [0.29, 0.717) is 6.42 Å². The van der Waals surface area contributed by atoms with Crippen molar-refractivity contribution in [2.45, 2.75) is 19.4 Å². The molecule has 1 aromatic heterocycles. The lowest BCUT2D eigenvalue weighted by Gasteiger charge is -2.12. The van der Waals surface area contributed by atoms with Crippen molar-refractivity contribution in [3.63, 3.8) is 0 Å². The van der Waals surface area contributed by atoms with Crippen LogP contribution in [-0.2, 0) is 4.79 Å². The van der Waals surface area contributed by atoms with Gasteiger partial charge in [0, 0.05) is 5.39 Å². The maximum absolute atomic E-state index is 12.0. The van der Waals surface area contributed by atoms with Gasteiger partial charge in [0.05, 0.1) is 0 Å². The molecular formula is C14H13ClN2O3. The molecule has 0 aliphatic heterocycles. The number of pyridine rings is 1. The molecule has 1 atom stereocenters. The largest absolute Gasteiger partial charge is 0.480 e. The summed E-state index contributed by atoms with van der Waals surface area (Å²) < 4.78 is 0. The van der Waals surface area contributed by atoms with E-state index in [0.717, 1.165) is 10.8 Å². The van der Waals surface area contributed by atoms with Crippen molar-refractivity contribution in [1.82, 2.24) is 10.3 Å². The van der Waals surface area contributed by atoms with Crippen LogP contribution >= 0.6 is 11.6 Å². The third kappa shape index (κ3) is 2.88. The standard InChI is InChI=1S/C14H13ClN2O3/c1-2-10(14(19)20)17-13(18)11-7-8-5-3-4-6-9(8)12(15)16-11/h3-7,10H,2H2,1H3,(H,17,18)(H,19,20). The van der Waals surface area contributed by atoms with Crippen LogP contribution in [0.2, 0.25) is 5.15 Å². The number of carbonyl (C=O) groups excluding carboxylic acids is 1. The number of carbonyl (C=O) groups is 2. The molecule has 0 spiro atoms. The van der Waals surface area contributed by atoms with Gasteiger partial charge in [-0.1, -0.05) is 42.8 Å². The number of rotatable bonds is 4. The first-order valence-corrected chi connectivity index (χ1v) is 6.49. The molecule has 0 fully saturated rings. The van der Waals surface area contributed by atoms with E-state index < -0.39 is 17.9 Å². The molecule has 0 saturated heterocycles. The lowest BCUT2D eigenvalue weighted by molar-refractivity contribution is -0.139. The number of hydrogen-bond donors (Lipinski definition) is 2. The Labute approximate surface area is 120 Å². The van der Waals surface area contributed by atoms with Gasteiger partial charge in [0.15, 0.2) is 0 Å². The number of aromatic nitrogens is 1. The molecule has 0 bridgehead atoms. The number of carboxylic acids is 1. The lowest BCUT2D eigenvalue weighted by Crippen LogP contribution is -2.40. The van der Waals surface area contributed by atoms with Crippen LogP contribution in [0.3, 0.4) is 0 Å². The second-order valence-electron chi connectivity index (χ2n) is 4.29. The van der Waals surface area contributed by atoms with Crippen LogP contribution < -0.4 is 5.32 Å². The minimum Gasteiger partial charge on any atom is -0.480 e. The Morgan fingerprint density at radius 3 is 2.75 bits per heavy atom. The zero-order valence-corrected chi connectivity index (χ0v) is 11.5. The minimum absolute atomic E-state index is 0.105. The van der Waals surface area contributed by atoms with Crippen LogP contribution in [0.15, 0.2) is 30.3 Å². The molecular weight excluding hydrogens is 280 g/mol. The Bertz CT molecular complexity index is 673. The predicted molar refractivity (Wildman–Crippen MR) is 75.9 cm³/mol. The fraction of sp³-hybridized carbons (Fsp3) is 0.214. The van der Waals surface area contributed by atoms with Crippen LogP contribution in [0.25, 0.3) is 10.8 Å². The number of aliphatic carboxylic acids is 1. The first-order valence-electron chi connectivity index (χ1n) is 6.12. The van der Waals surface area contributed by atoms with Crippen LogP contribution in [0, 0.1) is 0 Å². The first-order chi connectivity index (χ1) is 9.52. The van der Waals surface area contributed by atoms with Crippen molar-refractivity contribution < 1.29 is 14.7 Å². The van der Waals surface area contributed by atoms with E-state index >= 15 is 0 Å². The summed E-state index contributed by atoms with van der Waals surface area (Å²) in [6.07, 6.45) is 0.294. The number of nitrogens with one attached hydrogen (secondary N) is 1. The van der Waals surface area contributed by atoms with Crippen molar-refractivity contribution in [3.8, 4) is 0 Å². The maximum Gasteiger partial charge on any atom is 0.326 e. The Hall–Kier alpha value is -2.14. The van der Waals surface area contributed by atoms with Gasteiger partial charge < -0.3 is 10.4 Å². The molecule has 0 radical (unpaired) electrons. The highest BCUT2D eigenvalue weighted by molar-refractivity contribution is 6.34. The highest BCUT2D eigenvalue weighted by Crippen LogP contribution is 2.22. The van der Waals surface area contributed by atoms with Crippen molar-refractivity contribution >= 4 is 34.2 Å². The monoisotopic (exact) mass is 292 g/mol. The molecule has 104 valence electrons. The molecule has 1 unspecified atom stereocenters. The van der Waals surface area contributed by atoms with E-state index in [9.17, 15) is 9.59 Å². The predicted octanol–water partition coefficient (Wildman–Crippen LogP) is 2.48. The summed E-state index contributed by atoms with van der Waals surface area (Å²) in [5, 5.41) is 13.1. The average Bonchev–Trinajstić information content (AvgIpc) is 2.44. The Kier molecular flexibility index (Phi) is 4.20. The molecule has 1 amide bonds. The number of halogens is 1. The van der Waals surface area contributed by atoms with E-state index in [1.807, 2.05) is 18.2 Å². The SMILES string of the molecule is CCC(NC(=O)c1cc2ccccc2c(Cl)n1)C(=O)O. The smallest absolute Gasteiger partial charge is 0.326 e. The second kappa shape index (κ2) is 5.88. The summed E-state index contributed by atoms with van der Waals surface area (Å²) in [7, 11) is 0. The second-order valence-corrected chi connectivity index (χ2v) is 4.65. The molecule has 2 rings (SSSR count). The van der Waals surface area contributed by atoms with Gasteiger partial charge in [-0.25, -0.2) is 9.78 Å². The third-order valence-electron chi connectivity index (χ3n) is 2.94. The molecule has 0 saturated carbocycles.